The van der Waals surface area contributed by atoms with Crippen LogP contribution in [0, 0.1) is 29.1 Å². The zero-order valence-corrected chi connectivity index (χ0v) is 24.3. The Kier molecular flexibility index (Phi) is 8.46. The van der Waals surface area contributed by atoms with Crippen LogP contribution in [-0.4, -0.2) is 52.7 Å². The van der Waals surface area contributed by atoms with E-state index >= 15 is 0 Å². The zero-order chi connectivity index (χ0) is 27.7. The smallest absolute Gasteiger partial charge is 0.410 e. The number of ether oxygens (including phenoxy) is 1. The standard InChI is InChI=1S/C30H42N2O5S/c1-20-8-10-21(11-9-20)26(33)32(24-18-23(12-16-29(2,3)4)38-25(24)27(34)35)22-13-17-31(19-22)28(36)37-30(5)14-6-7-15-30/h18,20-22H,6-11,13-15,17,19H2,1-5H3,(H,34,35)/t20-,21-,22-/m0/s1. The second-order valence-corrected chi connectivity index (χ2v) is 13.8. The monoisotopic (exact) mass is 542 g/mol. The zero-order valence-electron chi connectivity index (χ0n) is 23.5. The van der Waals surface area contributed by atoms with Crippen molar-refractivity contribution in [1.82, 2.24) is 4.90 Å². The van der Waals surface area contributed by atoms with E-state index in [1.165, 1.54) is 0 Å². The van der Waals surface area contributed by atoms with Gasteiger partial charge >= 0.3 is 12.1 Å². The van der Waals surface area contributed by atoms with Gasteiger partial charge in [-0.2, -0.15) is 0 Å². The molecule has 2 aliphatic carbocycles. The summed E-state index contributed by atoms with van der Waals surface area (Å²) in [7, 11) is 0. The van der Waals surface area contributed by atoms with E-state index in [4.69, 9.17) is 4.74 Å². The molecule has 208 valence electrons. The van der Waals surface area contributed by atoms with Crippen molar-refractivity contribution >= 4 is 35.0 Å². The van der Waals surface area contributed by atoms with Crippen LogP contribution in [0.25, 0.3) is 0 Å². The first-order chi connectivity index (χ1) is 17.8. The second kappa shape index (κ2) is 11.3. The maximum Gasteiger partial charge on any atom is 0.410 e. The van der Waals surface area contributed by atoms with E-state index in [0.717, 1.165) is 62.7 Å². The fourth-order valence-corrected chi connectivity index (χ4v) is 6.68. The summed E-state index contributed by atoms with van der Waals surface area (Å²) in [6.45, 7) is 11.0. The summed E-state index contributed by atoms with van der Waals surface area (Å²) in [5.41, 5.74) is -0.245. The number of carbonyl (C=O) groups excluding carboxylic acids is 2. The van der Waals surface area contributed by atoms with Crippen LogP contribution in [0.15, 0.2) is 6.07 Å². The van der Waals surface area contributed by atoms with Crippen molar-refractivity contribution in [2.75, 3.05) is 18.0 Å². The maximum atomic E-state index is 14.1. The van der Waals surface area contributed by atoms with Crippen LogP contribution in [0.5, 0.6) is 0 Å². The van der Waals surface area contributed by atoms with E-state index in [1.807, 2.05) is 27.7 Å². The summed E-state index contributed by atoms with van der Waals surface area (Å²) in [5, 5.41) is 10.1. The van der Waals surface area contributed by atoms with E-state index in [-0.39, 0.29) is 34.3 Å². The normalized spacial score (nSPS) is 25.0. The van der Waals surface area contributed by atoms with Gasteiger partial charge in [-0.25, -0.2) is 9.59 Å². The largest absolute Gasteiger partial charge is 0.477 e. The van der Waals surface area contributed by atoms with Gasteiger partial charge in [0.25, 0.3) is 0 Å². The summed E-state index contributed by atoms with van der Waals surface area (Å²) in [5.74, 6) is 5.66. The number of carboxylic acid groups (broad SMARTS) is 1. The van der Waals surface area contributed by atoms with Gasteiger partial charge in [-0.3, -0.25) is 4.79 Å². The maximum absolute atomic E-state index is 14.1. The topological polar surface area (TPSA) is 87.2 Å². The van der Waals surface area contributed by atoms with E-state index in [1.54, 1.807) is 15.9 Å². The van der Waals surface area contributed by atoms with E-state index in [2.05, 4.69) is 18.8 Å². The number of rotatable bonds is 5. The summed E-state index contributed by atoms with van der Waals surface area (Å²) < 4.78 is 5.91. The van der Waals surface area contributed by atoms with Crippen LogP contribution in [0.2, 0.25) is 0 Å². The number of hydrogen-bond acceptors (Lipinski definition) is 5. The summed E-state index contributed by atoms with van der Waals surface area (Å²) in [6.07, 6.45) is 7.69. The Bertz CT molecular complexity index is 1110. The van der Waals surface area contributed by atoms with Gasteiger partial charge in [-0.1, -0.05) is 18.8 Å². The molecule has 1 N–H and O–H groups in total. The highest BCUT2D eigenvalue weighted by atomic mass is 32.1. The van der Waals surface area contributed by atoms with Gasteiger partial charge in [0.05, 0.1) is 16.6 Å². The quantitative estimate of drug-likeness (QED) is 0.427. The lowest BCUT2D eigenvalue weighted by Gasteiger charge is -2.34. The lowest BCUT2D eigenvalue weighted by Crippen LogP contribution is -2.47. The van der Waals surface area contributed by atoms with Gasteiger partial charge in [0.1, 0.15) is 10.5 Å². The molecule has 3 aliphatic rings. The van der Waals surface area contributed by atoms with Crippen molar-refractivity contribution in [2.45, 2.75) is 104 Å². The predicted molar refractivity (Wildman–Crippen MR) is 150 cm³/mol. The molecular formula is C30H42N2O5S. The first-order valence-electron chi connectivity index (χ1n) is 14.1. The molecular weight excluding hydrogens is 500 g/mol. The van der Waals surface area contributed by atoms with Gasteiger partial charge in [-0.15, -0.1) is 11.3 Å². The van der Waals surface area contributed by atoms with Crippen LogP contribution in [0.4, 0.5) is 10.5 Å². The number of thiophene rings is 1. The van der Waals surface area contributed by atoms with Crippen LogP contribution in [0.3, 0.4) is 0 Å². The summed E-state index contributed by atoms with van der Waals surface area (Å²) >= 11 is 1.12. The molecule has 2 saturated carbocycles. The molecule has 1 aromatic heterocycles. The summed E-state index contributed by atoms with van der Waals surface area (Å²) in [6, 6.07) is 1.46. The van der Waals surface area contributed by atoms with Gasteiger partial charge < -0.3 is 19.6 Å². The molecule has 1 atom stereocenters. The molecule has 0 radical (unpaired) electrons. The number of likely N-dealkylation sites (tertiary alicyclic amines) is 1. The van der Waals surface area contributed by atoms with Gasteiger partial charge in [0.2, 0.25) is 5.91 Å². The van der Waals surface area contributed by atoms with Crippen molar-refractivity contribution < 1.29 is 24.2 Å². The van der Waals surface area contributed by atoms with E-state index < -0.39 is 11.6 Å². The van der Waals surface area contributed by atoms with Crippen molar-refractivity contribution in [3.05, 3.63) is 15.8 Å². The number of amides is 2. The Balaban J connectivity index is 1.63. The average Bonchev–Trinajstić information content (AvgIpc) is 3.58. The van der Waals surface area contributed by atoms with Crippen LogP contribution < -0.4 is 4.90 Å². The molecule has 3 fully saturated rings. The highest BCUT2D eigenvalue weighted by Gasteiger charge is 2.41. The lowest BCUT2D eigenvalue weighted by molar-refractivity contribution is -0.124. The fourth-order valence-electron chi connectivity index (χ4n) is 5.84. The number of carboxylic acids is 1. The molecule has 0 unspecified atom stereocenters. The average molecular weight is 543 g/mol. The molecule has 4 rings (SSSR count). The molecule has 1 aliphatic heterocycles. The van der Waals surface area contributed by atoms with Crippen molar-refractivity contribution in [3.63, 3.8) is 0 Å². The van der Waals surface area contributed by atoms with E-state index in [0.29, 0.717) is 36.0 Å². The third-order valence-corrected chi connectivity index (χ3v) is 9.14. The Hall–Kier alpha value is -2.53. The number of aromatic carboxylic acids is 1. The van der Waals surface area contributed by atoms with Crippen molar-refractivity contribution in [2.24, 2.45) is 17.3 Å². The second-order valence-electron chi connectivity index (χ2n) is 12.7. The number of anilines is 1. The minimum absolute atomic E-state index is 0.0319. The van der Waals surface area contributed by atoms with Gasteiger partial charge in [-0.05, 0) is 97.5 Å². The third kappa shape index (κ3) is 6.72. The van der Waals surface area contributed by atoms with Crippen molar-refractivity contribution in [3.8, 4) is 11.8 Å². The fraction of sp³-hybridized carbons (Fsp3) is 0.700. The number of hydrogen-bond donors (Lipinski definition) is 1. The highest BCUT2D eigenvalue weighted by Crippen LogP contribution is 2.38. The van der Waals surface area contributed by atoms with Crippen molar-refractivity contribution in [1.29, 1.82) is 0 Å². The summed E-state index contributed by atoms with van der Waals surface area (Å²) in [4.78, 5) is 43.6. The number of nitrogens with zero attached hydrogens (tertiary/aromatic N) is 2. The third-order valence-electron chi connectivity index (χ3n) is 8.11. The molecule has 0 spiro atoms. The molecule has 2 amide bonds. The molecule has 2 heterocycles. The Morgan fingerprint density at radius 2 is 1.79 bits per heavy atom. The van der Waals surface area contributed by atoms with Gasteiger partial charge in [0.15, 0.2) is 0 Å². The minimum atomic E-state index is -1.06. The Morgan fingerprint density at radius 1 is 1.13 bits per heavy atom. The number of carbonyl (C=O) groups is 3. The lowest BCUT2D eigenvalue weighted by atomic mass is 9.82. The molecule has 1 saturated heterocycles. The molecule has 8 heteroatoms. The molecule has 0 bridgehead atoms. The molecule has 0 aromatic carbocycles. The van der Waals surface area contributed by atoms with Crippen LogP contribution in [0.1, 0.15) is 107 Å². The first-order valence-corrected chi connectivity index (χ1v) is 14.9. The molecule has 1 aromatic rings. The molecule has 38 heavy (non-hydrogen) atoms. The van der Waals surface area contributed by atoms with Gasteiger partial charge in [0, 0.05) is 24.4 Å². The minimum Gasteiger partial charge on any atom is -0.477 e. The Labute approximate surface area is 230 Å². The highest BCUT2D eigenvalue weighted by molar-refractivity contribution is 7.15. The predicted octanol–water partition coefficient (Wildman–Crippen LogP) is 6.55. The van der Waals surface area contributed by atoms with Crippen LogP contribution >= 0.6 is 11.3 Å². The van der Waals surface area contributed by atoms with E-state index in [9.17, 15) is 19.5 Å². The molecule has 7 nitrogen and oxygen atoms in total. The van der Waals surface area contributed by atoms with Crippen LogP contribution in [-0.2, 0) is 9.53 Å². The SMILES string of the molecule is CC(C)(C)C#Cc1cc(N(C(=O)[C@H]2CC[C@H](C)CC2)[C@H]2CCN(C(=O)OC3(C)CCCC3)C2)c(C(=O)O)s1. The Morgan fingerprint density at radius 3 is 2.39 bits per heavy atom. The first kappa shape index (κ1) is 28.5.